The molecule has 0 aromatic carbocycles. The predicted octanol–water partition coefficient (Wildman–Crippen LogP) is 2.80. The van der Waals surface area contributed by atoms with Crippen molar-refractivity contribution in [2.45, 2.75) is 70.4 Å². The van der Waals surface area contributed by atoms with Gasteiger partial charge in [-0.15, -0.1) is 0 Å². The Bertz CT molecular complexity index is 233. The minimum Gasteiger partial charge on any atom is -0.375 e. The highest BCUT2D eigenvalue weighted by Gasteiger charge is 2.33. The van der Waals surface area contributed by atoms with Crippen LogP contribution >= 0.6 is 0 Å². The van der Waals surface area contributed by atoms with Crippen molar-refractivity contribution >= 4 is 0 Å². The molecule has 0 bridgehead atoms. The summed E-state index contributed by atoms with van der Waals surface area (Å²) in [5, 5.41) is 3.40. The minimum absolute atomic E-state index is 0.552. The Kier molecular flexibility index (Phi) is 7.18. The number of nitrogens with zero attached hydrogens (tertiary/aromatic N) is 1. The maximum Gasteiger partial charge on any atom is 0.0730 e. The molecule has 2 rings (SSSR count). The van der Waals surface area contributed by atoms with Crippen molar-refractivity contribution in [3.05, 3.63) is 0 Å². The molecule has 0 amide bonds. The minimum atomic E-state index is 0.552. The molecule has 1 aliphatic carbocycles. The van der Waals surface area contributed by atoms with Crippen LogP contribution in [-0.4, -0.2) is 49.8 Å². The normalized spacial score (nSPS) is 28.3. The molecule has 2 fully saturated rings. The lowest BCUT2D eigenvalue weighted by atomic mass is 9.90. The van der Waals surface area contributed by atoms with E-state index in [1.165, 1.54) is 71.0 Å². The molecule has 2 atom stereocenters. The van der Waals surface area contributed by atoms with Crippen LogP contribution < -0.4 is 5.32 Å². The summed E-state index contributed by atoms with van der Waals surface area (Å²) < 4.78 is 5.93. The number of hydrogen-bond donors (Lipinski definition) is 1. The van der Waals surface area contributed by atoms with Gasteiger partial charge in [0.25, 0.3) is 0 Å². The van der Waals surface area contributed by atoms with Gasteiger partial charge in [0.2, 0.25) is 0 Å². The van der Waals surface area contributed by atoms with Crippen molar-refractivity contribution in [2.75, 3.05) is 32.8 Å². The average Bonchev–Trinajstić information content (AvgIpc) is 2.46. The summed E-state index contributed by atoms with van der Waals surface area (Å²) in [4.78, 5) is 2.72. The lowest BCUT2D eigenvalue weighted by molar-refractivity contribution is -0.0882. The van der Waals surface area contributed by atoms with Crippen LogP contribution in [0, 0.1) is 0 Å². The van der Waals surface area contributed by atoms with Crippen LogP contribution in [0.15, 0.2) is 0 Å². The van der Waals surface area contributed by atoms with Gasteiger partial charge in [-0.2, -0.15) is 0 Å². The van der Waals surface area contributed by atoms with E-state index in [0.29, 0.717) is 6.10 Å². The van der Waals surface area contributed by atoms with Gasteiger partial charge in [0.05, 0.1) is 12.7 Å². The molecule has 3 nitrogen and oxygen atoms in total. The van der Waals surface area contributed by atoms with Crippen LogP contribution in [-0.2, 0) is 4.74 Å². The van der Waals surface area contributed by atoms with Crippen molar-refractivity contribution < 1.29 is 4.74 Å². The molecule has 2 aliphatic rings. The molecule has 0 aromatic heterocycles. The third-order valence-corrected chi connectivity index (χ3v) is 4.65. The van der Waals surface area contributed by atoms with E-state index in [0.717, 1.165) is 19.2 Å². The van der Waals surface area contributed by atoms with Crippen molar-refractivity contribution in [1.82, 2.24) is 10.2 Å². The van der Waals surface area contributed by atoms with Gasteiger partial charge in [-0.1, -0.05) is 32.6 Å². The summed E-state index contributed by atoms with van der Waals surface area (Å²) in [6, 6.07) is 0.740. The van der Waals surface area contributed by atoms with Crippen LogP contribution in [0.2, 0.25) is 0 Å². The fraction of sp³-hybridized carbons (Fsp3) is 1.00. The molecule has 0 spiro atoms. The van der Waals surface area contributed by atoms with E-state index in [1.807, 2.05) is 0 Å². The van der Waals surface area contributed by atoms with E-state index < -0.39 is 0 Å². The molecule has 3 heteroatoms. The molecule has 2 unspecified atom stereocenters. The van der Waals surface area contributed by atoms with Gasteiger partial charge in [-0.05, 0) is 45.3 Å². The van der Waals surface area contributed by atoms with Gasteiger partial charge in [0.15, 0.2) is 0 Å². The van der Waals surface area contributed by atoms with Gasteiger partial charge >= 0.3 is 0 Å². The molecule has 0 radical (unpaired) electrons. The standard InChI is InChI=1S/C16H32N2O/c1-2-17-11-7-3-4-8-12-18-13-14-19-16-10-6-5-9-15(16)18/h15-17H,2-14H2,1H3. The molecular formula is C16H32N2O. The highest BCUT2D eigenvalue weighted by Crippen LogP contribution is 2.28. The quantitative estimate of drug-likeness (QED) is 0.685. The molecule has 1 saturated carbocycles. The van der Waals surface area contributed by atoms with Gasteiger partial charge in [0, 0.05) is 12.6 Å². The number of rotatable bonds is 8. The third kappa shape index (κ3) is 5.05. The monoisotopic (exact) mass is 268 g/mol. The highest BCUT2D eigenvalue weighted by molar-refractivity contribution is 4.87. The van der Waals surface area contributed by atoms with E-state index in [9.17, 15) is 0 Å². The first-order chi connectivity index (χ1) is 9.42. The average molecular weight is 268 g/mol. The van der Waals surface area contributed by atoms with E-state index in [2.05, 4.69) is 17.1 Å². The Morgan fingerprint density at radius 1 is 1.11 bits per heavy atom. The Labute approximate surface area is 119 Å². The number of morpholine rings is 1. The second kappa shape index (κ2) is 8.93. The maximum absolute atomic E-state index is 5.93. The summed E-state index contributed by atoms with van der Waals surface area (Å²) in [7, 11) is 0. The zero-order valence-corrected chi connectivity index (χ0v) is 12.7. The van der Waals surface area contributed by atoms with Crippen LogP contribution in [0.25, 0.3) is 0 Å². The molecule has 1 aliphatic heterocycles. The number of fused-ring (bicyclic) bond motifs is 1. The van der Waals surface area contributed by atoms with E-state index in [-0.39, 0.29) is 0 Å². The van der Waals surface area contributed by atoms with E-state index in [1.54, 1.807) is 0 Å². The largest absolute Gasteiger partial charge is 0.375 e. The predicted molar refractivity (Wildman–Crippen MR) is 80.6 cm³/mol. The summed E-state index contributed by atoms with van der Waals surface area (Å²) in [5.74, 6) is 0. The first kappa shape index (κ1) is 15.3. The van der Waals surface area contributed by atoms with Crippen molar-refractivity contribution in [3.8, 4) is 0 Å². The molecule has 19 heavy (non-hydrogen) atoms. The number of nitrogens with one attached hydrogen (secondary N) is 1. The van der Waals surface area contributed by atoms with E-state index in [4.69, 9.17) is 4.74 Å². The molecule has 0 aromatic rings. The number of hydrogen-bond acceptors (Lipinski definition) is 3. The first-order valence-electron chi connectivity index (χ1n) is 8.48. The second-order valence-electron chi connectivity index (χ2n) is 6.06. The molecule has 112 valence electrons. The first-order valence-corrected chi connectivity index (χ1v) is 8.48. The van der Waals surface area contributed by atoms with Crippen molar-refractivity contribution in [1.29, 1.82) is 0 Å². The summed E-state index contributed by atoms with van der Waals surface area (Å²) in [6.07, 6.45) is 11.5. The van der Waals surface area contributed by atoms with Gasteiger partial charge in [-0.3, -0.25) is 4.90 Å². The number of unbranched alkanes of at least 4 members (excludes halogenated alkanes) is 3. The van der Waals surface area contributed by atoms with Gasteiger partial charge in [-0.25, -0.2) is 0 Å². The SMILES string of the molecule is CCNCCCCCCN1CCOC2CCCCC21. The zero-order chi connectivity index (χ0) is 13.3. The van der Waals surface area contributed by atoms with Crippen LogP contribution in [0.3, 0.4) is 0 Å². The van der Waals surface area contributed by atoms with Crippen LogP contribution in [0.1, 0.15) is 58.3 Å². The summed E-state index contributed by atoms with van der Waals surface area (Å²) in [6.45, 7) is 7.90. The highest BCUT2D eigenvalue weighted by atomic mass is 16.5. The Morgan fingerprint density at radius 3 is 2.84 bits per heavy atom. The lowest BCUT2D eigenvalue weighted by Gasteiger charge is -2.43. The Hall–Kier alpha value is -0.120. The van der Waals surface area contributed by atoms with Crippen LogP contribution in [0.4, 0.5) is 0 Å². The third-order valence-electron chi connectivity index (χ3n) is 4.65. The fourth-order valence-corrected chi connectivity index (χ4v) is 3.55. The van der Waals surface area contributed by atoms with Gasteiger partial charge in [0.1, 0.15) is 0 Å². The zero-order valence-electron chi connectivity index (χ0n) is 12.7. The molecular weight excluding hydrogens is 236 g/mol. The second-order valence-corrected chi connectivity index (χ2v) is 6.06. The summed E-state index contributed by atoms with van der Waals surface area (Å²) in [5.41, 5.74) is 0. The lowest BCUT2D eigenvalue weighted by Crippen LogP contribution is -2.52. The Balaban J connectivity index is 1.56. The smallest absolute Gasteiger partial charge is 0.0730 e. The molecule has 1 saturated heterocycles. The van der Waals surface area contributed by atoms with Crippen molar-refractivity contribution in [3.63, 3.8) is 0 Å². The van der Waals surface area contributed by atoms with Gasteiger partial charge < -0.3 is 10.1 Å². The van der Waals surface area contributed by atoms with Crippen LogP contribution in [0.5, 0.6) is 0 Å². The molecule has 1 heterocycles. The van der Waals surface area contributed by atoms with Crippen molar-refractivity contribution in [2.24, 2.45) is 0 Å². The maximum atomic E-state index is 5.93. The molecule has 1 N–H and O–H groups in total. The summed E-state index contributed by atoms with van der Waals surface area (Å²) >= 11 is 0. The number of ether oxygens (including phenoxy) is 1. The topological polar surface area (TPSA) is 24.5 Å². The fourth-order valence-electron chi connectivity index (χ4n) is 3.55. The van der Waals surface area contributed by atoms with E-state index >= 15 is 0 Å². The Morgan fingerprint density at radius 2 is 1.95 bits per heavy atom.